The molecule has 4 heteroatoms. The molecule has 0 spiro atoms. The summed E-state index contributed by atoms with van der Waals surface area (Å²) in [4.78, 5) is 6.69. The molecule has 0 radical (unpaired) electrons. The molecule has 1 fully saturated rings. The van der Waals surface area contributed by atoms with Crippen LogP contribution in [0.4, 0.5) is 6.01 Å². The molecule has 0 aliphatic carbocycles. The first kappa shape index (κ1) is 10.5. The molecule has 1 unspecified atom stereocenters. The highest BCUT2D eigenvalue weighted by Crippen LogP contribution is 2.30. The highest BCUT2D eigenvalue weighted by molar-refractivity contribution is 5.26. The minimum Gasteiger partial charge on any atom is -0.428 e. The van der Waals surface area contributed by atoms with Gasteiger partial charge < -0.3 is 14.6 Å². The van der Waals surface area contributed by atoms with E-state index in [-0.39, 0.29) is 0 Å². The van der Waals surface area contributed by atoms with E-state index >= 15 is 0 Å². The molecular formula is C11H19N3O. The van der Waals surface area contributed by atoms with Crippen molar-refractivity contribution in [1.29, 1.82) is 0 Å². The van der Waals surface area contributed by atoms with Crippen LogP contribution in [0.3, 0.4) is 0 Å². The number of anilines is 1. The molecule has 1 saturated heterocycles. The average Bonchev–Trinajstić information content (AvgIpc) is 2.60. The zero-order chi connectivity index (χ0) is 10.8. The summed E-state index contributed by atoms with van der Waals surface area (Å²) in [5, 5.41) is 2.95. The van der Waals surface area contributed by atoms with Crippen molar-refractivity contribution in [3.63, 3.8) is 0 Å². The van der Waals surface area contributed by atoms with Gasteiger partial charge in [-0.15, -0.1) is 0 Å². The molecule has 15 heavy (non-hydrogen) atoms. The maximum Gasteiger partial charge on any atom is 0.294 e. The Kier molecular flexibility index (Phi) is 2.95. The predicted molar refractivity (Wildman–Crippen MR) is 60.3 cm³/mol. The third-order valence-corrected chi connectivity index (χ3v) is 3.04. The van der Waals surface area contributed by atoms with E-state index in [9.17, 15) is 0 Å². The molecule has 0 saturated carbocycles. The number of likely N-dealkylation sites (N-methyl/N-ethyl adjacent to an activating group) is 1. The summed E-state index contributed by atoms with van der Waals surface area (Å²) in [6.45, 7) is 4.30. The van der Waals surface area contributed by atoms with Gasteiger partial charge in [0.25, 0.3) is 6.01 Å². The van der Waals surface area contributed by atoms with Gasteiger partial charge in [0.1, 0.15) is 5.76 Å². The number of aryl methyl sites for hydroxylation is 1. The summed E-state index contributed by atoms with van der Waals surface area (Å²) in [7, 11) is 4.00. The van der Waals surface area contributed by atoms with Crippen LogP contribution in [0.15, 0.2) is 4.42 Å². The topological polar surface area (TPSA) is 41.3 Å². The zero-order valence-corrected chi connectivity index (χ0v) is 9.71. The molecule has 2 heterocycles. The number of hydrogen-bond acceptors (Lipinski definition) is 4. The third kappa shape index (κ3) is 2.15. The lowest BCUT2D eigenvalue weighted by Crippen LogP contribution is -2.30. The van der Waals surface area contributed by atoms with Crippen LogP contribution in [0, 0.1) is 6.92 Å². The van der Waals surface area contributed by atoms with Crippen LogP contribution in [-0.4, -0.2) is 37.1 Å². The van der Waals surface area contributed by atoms with Crippen LogP contribution < -0.4 is 5.32 Å². The van der Waals surface area contributed by atoms with E-state index in [1.54, 1.807) is 0 Å². The first-order valence-electron chi connectivity index (χ1n) is 5.54. The Bertz CT molecular complexity index is 335. The zero-order valence-electron chi connectivity index (χ0n) is 9.71. The number of hydrogen-bond donors (Lipinski definition) is 1. The molecule has 0 aromatic carbocycles. The van der Waals surface area contributed by atoms with Crippen LogP contribution in [0.2, 0.25) is 0 Å². The minimum absolute atomic E-state index is 0.512. The second-order valence-electron chi connectivity index (χ2n) is 4.32. The fourth-order valence-corrected chi connectivity index (χ4v) is 2.27. The van der Waals surface area contributed by atoms with Gasteiger partial charge in [0.05, 0.1) is 5.69 Å². The maximum absolute atomic E-state index is 5.70. The van der Waals surface area contributed by atoms with Crippen LogP contribution in [0.1, 0.15) is 30.2 Å². The third-order valence-electron chi connectivity index (χ3n) is 3.04. The Balaban J connectivity index is 2.16. The van der Waals surface area contributed by atoms with Crippen molar-refractivity contribution in [1.82, 2.24) is 9.88 Å². The molecule has 4 nitrogen and oxygen atoms in total. The van der Waals surface area contributed by atoms with E-state index < -0.39 is 0 Å². The van der Waals surface area contributed by atoms with E-state index in [1.807, 2.05) is 14.0 Å². The normalized spacial score (nSPS) is 23.0. The van der Waals surface area contributed by atoms with Gasteiger partial charge in [-0.05, 0) is 33.4 Å². The fraction of sp³-hybridized carbons (Fsp3) is 0.727. The van der Waals surface area contributed by atoms with Crippen molar-refractivity contribution in [2.75, 3.05) is 32.5 Å². The lowest BCUT2D eigenvalue weighted by atomic mass is 9.95. The molecule has 1 aliphatic heterocycles. The number of likely N-dealkylation sites (tertiary alicyclic amines) is 1. The number of oxazole rings is 1. The number of rotatable bonds is 2. The van der Waals surface area contributed by atoms with Crippen molar-refractivity contribution in [2.24, 2.45) is 0 Å². The maximum atomic E-state index is 5.70. The van der Waals surface area contributed by atoms with E-state index in [0.717, 1.165) is 18.0 Å². The number of aromatic nitrogens is 1. The van der Waals surface area contributed by atoms with Gasteiger partial charge in [0.15, 0.2) is 0 Å². The molecule has 1 aromatic rings. The first-order chi connectivity index (χ1) is 7.20. The quantitative estimate of drug-likeness (QED) is 0.807. The molecule has 1 aromatic heterocycles. The standard InChI is InChI=1S/C11H19N3O/c1-8-10(15-11(12-2)13-8)9-5-4-6-14(3)7-9/h9H,4-7H2,1-3H3,(H,12,13). The average molecular weight is 209 g/mol. The molecule has 2 rings (SSSR count). The van der Waals surface area contributed by atoms with Crippen molar-refractivity contribution >= 4 is 6.01 Å². The van der Waals surface area contributed by atoms with Gasteiger partial charge in [0, 0.05) is 19.5 Å². The largest absolute Gasteiger partial charge is 0.428 e. The Labute approximate surface area is 90.7 Å². The van der Waals surface area contributed by atoms with Crippen LogP contribution in [-0.2, 0) is 0 Å². The van der Waals surface area contributed by atoms with Gasteiger partial charge in [-0.1, -0.05) is 0 Å². The molecule has 0 amide bonds. The Morgan fingerprint density at radius 3 is 2.93 bits per heavy atom. The second-order valence-corrected chi connectivity index (χ2v) is 4.32. The number of nitrogens with zero attached hydrogens (tertiary/aromatic N) is 2. The second kappa shape index (κ2) is 4.23. The lowest BCUT2D eigenvalue weighted by molar-refractivity contribution is 0.234. The summed E-state index contributed by atoms with van der Waals surface area (Å²) in [5.41, 5.74) is 1.03. The van der Waals surface area contributed by atoms with E-state index in [1.165, 1.54) is 19.4 Å². The minimum atomic E-state index is 0.512. The summed E-state index contributed by atoms with van der Waals surface area (Å²) in [6.07, 6.45) is 2.46. The van der Waals surface area contributed by atoms with Crippen molar-refractivity contribution < 1.29 is 4.42 Å². The molecule has 0 bridgehead atoms. The van der Waals surface area contributed by atoms with Gasteiger partial charge in [-0.3, -0.25) is 0 Å². The molecule has 1 aliphatic rings. The Morgan fingerprint density at radius 1 is 1.53 bits per heavy atom. The van der Waals surface area contributed by atoms with Crippen molar-refractivity contribution in [3.8, 4) is 0 Å². The molecule has 1 N–H and O–H groups in total. The van der Waals surface area contributed by atoms with E-state index in [4.69, 9.17) is 4.42 Å². The number of nitrogens with one attached hydrogen (secondary N) is 1. The highest BCUT2D eigenvalue weighted by Gasteiger charge is 2.24. The SMILES string of the molecule is CNc1nc(C)c(C2CCCN(C)C2)o1. The summed E-state index contributed by atoms with van der Waals surface area (Å²) >= 11 is 0. The molecular weight excluding hydrogens is 190 g/mol. The van der Waals surface area contributed by atoms with Crippen molar-refractivity contribution in [2.45, 2.75) is 25.7 Å². The summed E-state index contributed by atoms with van der Waals surface area (Å²) < 4.78 is 5.70. The Morgan fingerprint density at radius 2 is 2.33 bits per heavy atom. The van der Waals surface area contributed by atoms with Crippen molar-refractivity contribution in [3.05, 3.63) is 11.5 Å². The van der Waals surface area contributed by atoms with Gasteiger partial charge >= 0.3 is 0 Å². The molecule has 84 valence electrons. The van der Waals surface area contributed by atoms with Crippen LogP contribution >= 0.6 is 0 Å². The first-order valence-corrected chi connectivity index (χ1v) is 5.54. The summed E-state index contributed by atoms with van der Waals surface area (Å²) in [6, 6.07) is 0.635. The Hall–Kier alpha value is -1.03. The predicted octanol–water partition coefficient (Wildman–Crippen LogP) is 1.83. The fourth-order valence-electron chi connectivity index (χ4n) is 2.27. The van der Waals surface area contributed by atoms with E-state index in [0.29, 0.717) is 11.9 Å². The summed E-state index contributed by atoms with van der Waals surface area (Å²) in [5.74, 6) is 1.57. The number of piperidine rings is 1. The molecule has 1 atom stereocenters. The van der Waals surface area contributed by atoms with Gasteiger partial charge in [0.2, 0.25) is 0 Å². The lowest BCUT2D eigenvalue weighted by Gasteiger charge is -2.28. The highest BCUT2D eigenvalue weighted by atomic mass is 16.4. The van der Waals surface area contributed by atoms with Gasteiger partial charge in [-0.2, -0.15) is 4.98 Å². The van der Waals surface area contributed by atoms with Crippen LogP contribution in [0.5, 0.6) is 0 Å². The smallest absolute Gasteiger partial charge is 0.294 e. The van der Waals surface area contributed by atoms with Gasteiger partial charge in [-0.25, -0.2) is 0 Å². The monoisotopic (exact) mass is 209 g/mol. The van der Waals surface area contributed by atoms with E-state index in [2.05, 4.69) is 22.2 Å². The van der Waals surface area contributed by atoms with Crippen LogP contribution in [0.25, 0.3) is 0 Å².